The third-order valence-electron chi connectivity index (χ3n) is 0.924. The van der Waals surface area contributed by atoms with Crippen LogP contribution < -0.4 is 4.46 Å². The van der Waals surface area contributed by atoms with Gasteiger partial charge in [0.05, 0.1) is 0 Å². The summed E-state index contributed by atoms with van der Waals surface area (Å²) in [6.45, 7) is 0. The Labute approximate surface area is 69.2 Å². The summed E-state index contributed by atoms with van der Waals surface area (Å²) in [6, 6.07) is 10.4. The molecule has 0 saturated heterocycles. The summed E-state index contributed by atoms with van der Waals surface area (Å²) in [4.78, 5) is 0. The average molecular weight is 224 g/mol. The molecule has 1 aromatic rings. The minimum absolute atomic E-state index is 0.501. The molecule has 9 heavy (non-hydrogen) atoms. The Morgan fingerprint density at radius 2 is 1.89 bits per heavy atom. The molecule has 0 aromatic heterocycles. The van der Waals surface area contributed by atoms with E-state index in [0.717, 1.165) is 0 Å². The minimum atomic E-state index is 0.501. The number of rotatable bonds is 2. The molecular weight excluding hydrogens is 218 g/mol. The van der Waals surface area contributed by atoms with Crippen LogP contribution in [0.4, 0.5) is 0 Å². The van der Waals surface area contributed by atoms with E-state index in [1.807, 2.05) is 9.89 Å². The number of hydrogen-bond acceptors (Lipinski definition) is 0. The molecule has 0 fully saturated rings. The van der Waals surface area contributed by atoms with E-state index < -0.39 is 0 Å². The SMILES string of the molecule is [Mn]=[CH][Se]c1ccccc1. The Balaban J connectivity index is 2.72. The Bertz CT molecular complexity index is 183. The van der Waals surface area contributed by atoms with Gasteiger partial charge in [0.25, 0.3) is 0 Å². The predicted octanol–water partition coefficient (Wildman–Crippen LogP) is 0.323. The zero-order valence-corrected chi connectivity index (χ0v) is 7.64. The van der Waals surface area contributed by atoms with Gasteiger partial charge in [-0.05, 0) is 0 Å². The van der Waals surface area contributed by atoms with Crippen LogP contribution in [0.15, 0.2) is 30.3 Å². The second kappa shape index (κ2) is 4.03. The van der Waals surface area contributed by atoms with E-state index in [1.165, 1.54) is 4.46 Å². The molecule has 0 heterocycles. The van der Waals surface area contributed by atoms with Gasteiger partial charge in [0.1, 0.15) is 0 Å². The maximum atomic E-state index is 3.29. The fraction of sp³-hybridized carbons (Fsp3) is 0. The monoisotopic (exact) mass is 225 g/mol. The fourth-order valence-electron chi connectivity index (χ4n) is 0.550. The van der Waals surface area contributed by atoms with Crippen LogP contribution in [0.2, 0.25) is 0 Å². The summed E-state index contributed by atoms with van der Waals surface area (Å²) in [7, 11) is 0. The molecule has 0 aliphatic heterocycles. The molecule has 1 aromatic carbocycles. The normalized spacial score (nSPS) is 8.89. The molecule has 0 atom stereocenters. The number of hydrogen-bond donors (Lipinski definition) is 0. The topological polar surface area (TPSA) is 0 Å². The molecule has 0 saturated carbocycles. The molecule has 0 nitrogen and oxygen atoms in total. The Morgan fingerprint density at radius 1 is 1.22 bits per heavy atom. The van der Waals surface area contributed by atoms with Gasteiger partial charge >= 0.3 is 69.1 Å². The van der Waals surface area contributed by atoms with Gasteiger partial charge in [0.15, 0.2) is 0 Å². The van der Waals surface area contributed by atoms with Crippen molar-refractivity contribution in [2.45, 2.75) is 0 Å². The van der Waals surface area contributed by atoms with Crippen LogP contribution >= 0.6 is 0 Å². The van der Waals surface area contributed by atoms with E-state index in [4.69, 9.17) is 0 Å². The summed E-state index contributed by atoms with van der Waals surface area (Å²) >= 11 is 3.79. The average Bonchev–Trinajstić information content (AvgIpc) is 1.91. The van der Waals surface area contributed by atoms with Gasteiger partial charge in [0.2, 0.25) is 0 Å². The summed E-state index contributed by atoms with van der Waals surface area (Å²) in [5.41, 5.74) is 0. The van der Waals surface area contributed by atoms with Gasteiger partial charge in [0, 0.05) is 0 Å². The van der Waals surface area contributed by atoms with Crippen molar-refractivity contribution in [3.63, 3.8) is 0 Å². The molecule has 0 unspecified atom stereocenters. The second-order valence-electron chi connectivity index (χ2n) is 1.52. The third kappa shape index (κ3) is 2.47. The van der Waals surface area contributed by atoms with Gasteiger partial charge in [-0.2, -0.15) is 0 Å². The van der Waals surface area contributed by atoms with Crippen molar-refractivity contribution in [3.8, 4) is 0 Å². The first-order valence-corrected chi connectivity index (χ1v) is 5.10. The molecule has 0 radical (unpaired) electrons. The van der Waals surface area contributed by atoms with E-state index in [-0.39, 0.29) is 0 Å². The van der Waals surface area contributed by atoms with Gasteiger partial charge in [-0.3, -0.25) is 0 Å². The van der Waals surface area contributed by atoms with Gasteiger partial charge in [-0.25, -0.2) is 0 Å². The summed E-state index contributed by atoms with van der Waals surface area (Å²) < 4.78 is 3.44. The second-order valence-corrected chi connectivity index (χ2v) is 4.82. The third-order valence-corrected chi connectivity index (χ3v) is 2.98. The maximum absolute atomic E-state index is 3.29. The summed E-state index contributed by atoms with van der Waals surface area (Å²) in [5, 5.41) is 0. The van der Waals surface area contributed by atoms with E-state index >= 15 is 0 Å². The molecule has 0 bridgehead atoms. The molecule has 1 rings (SSSR count). The molecule has 0 N–H and O–H groups in total. The first kappa shape index (κ1) is 7.24. The van der Waals surface area contributed by atoms with Crippen molar-refractivity contribution >= 4 is 23.2 Å². The summed E-state index contributed by atoms with van der Waals surface area (Å²) in [6.07, 6.45) is 0. The standard InChI is InChI=1S/C7H6Se.Mn/c1-8-7-5-3-2-4-6-7;/h1-6H;. The van der Waals surface area contributed by atoms with Crippen LogP contribution in [0.5, 0.6) is 0 Å². The van der Waals surface area contributed by atoms with Crippen LogP contribution in [0.3, 0.4) is 0 Å². The van der Waals surface area contributed by atoms with E-state index in [9.17, 15) is 0 Å². The van der Waals surface area contributed by atoms with Gasteiger partial charge < -0.3 is 0 Å². The quantitative estimate of drug-likeness (QED) is 0.635. The predicted molar refractivity (Wildman–Crippen MR) is 37.9 cm³/mol. The molecule has 0 spiro atoms. The first-order valence-electron chi connectivity index (χ1n) is 2.57. The molecular formula is C7H6MnSe. The van der Waals surface area contributed by atoms with Crippen LogP contribution in [0.25, 0.3) is 0 Å². The van der Waals surface area contributed by atoms with E-state index in [1.54, 1.807) is 0 Å². The van der Waals surface area contributed by atoms with E-state index in [0.29, 0.717) is 15.0 Å². The van der Waals surface area contributed by atoms with Crippen LogP contribution in [0, 0.1) is 0 Å². The van der Waals surface area contributed by atoms with Gasteiger partial charge in [-0.1, -0.05) is 0 Å². The van der Waals surface area contributed by atoms with Crippen molar-refractivity contribution in [2.75, 3.05) is 0 Å². The number of benzene rings is 1. The fourth-order valence-corrected chi connectivity index (χ4v) is 2.26. The van der Waals surface area contributed by atoms with Crippen molar-refractivity contribution < 1.29 is 15.6 Å². The zero-order valence-electron chi connectivity index (χ0n) is 4.75. The van der Waals surface area contributed by atoms with Crippen LogP contribution in [-0.4, -0.2) is 18.8 Å². The Hall–Kier alpha value is 0.129. The molecule has 0 aliphatic rings. The summed E-state index contributed by atoms with van der Waals surface area (Å²) in [5.74, 6) is 0. The first-order chi connectivity index (χ1) is 4.43. The van der Waals surface area contributed by atoms with E-state index in [2.05, 4.69) is 39.8 Å². The van der Waals surface area contributed by atoms with Gasteiger partial charge in [-0.15, -0.1) is 0 Å². The Morgan fingerprint density at radius 3 is 2.44 bits per heavy atom. The van der Waals surface area contributed by atoms with Crippen LogP contribution in [-0.2, 0) is 15.6 Å². The van der Waals surface area contributed by atoms with Crippen LogP contribution in [0.1, 0.15) is 0 Å². The molecule has 0 amide bonds. The Kier molecular flexibility index (Phi) is 3.24. The van der Waals surface area contributed by atoms with Crippen molar-refractivity contribution in [2.24, 2.45) is 0 Å². The van der Waals surface area contributed by atoms with Crippen molar-refractivity contribution in [1.82, 2.24) is 0 Å². The molecule has 2 heteroatoms. The van der Waals surface area contributed by atoms with Crippen molar-refractivity contribution in [3.05, 3.63) is 30.3 Å². The van der Waals surface area contributed by atoms with Crippen molar-refractivity contribution in [1.29, 1.82) is 0 Å². The molecule has 0 aliphatic carbocycles. The molecule has 47 valence electrons. The zero-order chi connectivity index (χ0) is 6.53.